The molecule has 0 bridgehead atoms. The van der Waals surface area contributed by atoms with Crippen LogP contribution in [0.1, 0.15) is 38.5 Å². The van der Waals surface area contributed by atoms with E-state index >= 15 is 0 Å². The van der Waals surface area contributed by atoms with Crippen molar-refractivity contribution >= 4 is 15.9 Å². The van der Waals surface area contributed by atoms with E-state index < -0.39 is 0 Å². The van der Waals surface area contributed by atoms with Crippen LogP contribution in [0, 0.1) is 0 Å². The Bertz CT molecular complexity index is 600. The molecule has 0 radical (unpaired) electrons. The van der Waals surface area contributed by atoms with Gasteiger partial charge in [0.15, 0.2) is 0 Å². The van der Waals surface area contributed by atoms with E-state index in [1.54, 1.807) is 0 Å². The normalized spacial score (nSPS) is 17.8. The minimum atomic E-state index is 0.0481. The first-order valence-electron chi connectivity index (χ1n) is 7.55. The maximum Gasteiger partial charge on any atom is 0.233 e. The van der Waals surface area contributed by atoms with E-state index in [2.05, 4.69) is 33.3 Å². The van der Waals surface area contributed by atoms with Gasteiger partial charge in [0.2, 0.25) is 11.7 Å². The topological polar surface area (TPSA) is 51.0 Å². The van der Waals surface area contributed by atoms with Crippen molar-refractivity contribution in [3.05, 3.63) is 34.6 Å². The van der Waals surface area contributed by atoms with Gasteiger partial charge in [0, 0.05) is 10.0 Å². The smallest absolute Gasteiger partial charge is 0.233 e. The molecule has 2 aromatic rings. The van der Waals surface area contributed by atoms with E-state index in [-0.39, 0.29) is 5.41 Å². The number of aromatic nitrogens is 2. The fourth-order valence-corrected chi connectivity index (χ4v) is 3.61. The van der Waals surface area contributed by atoms with Crippen molar-refractivity contribution in [3.63, 3.8) is 0 Å². The molecular formula is C16H20BrN3O. The fraction of sp³-hybridized carbons (Fsp3) is 0.500. The lowest BCUT2D eigenvalue weighted by Crippen LogP contribution is -2.40. The van der Waals surface area contributed by atoms with Gasteiger partial charge >= 0.3 is 0 Å². The van der Waals surface area contributed by atoms with E-state index in [1.165, 1.54) is 0 Å². The number of rotatable bonds is 4. The Labute approximate surface area is 133 Å². The first kappa shape index (κ1) is 14.7. The van der Waals surface area contributed by atoms with Gasteiger partial charge in [0.25, 0.3) is 0 Å². The van der Waals surface area contributed by atoms with E-state index in [0.29, 0.717) is 5.82 Å². The third-order valence-corrected chi connectivity index (χ3v) is 4.98. The van der Waals surface area contributed by atoms with Crippen molar-refractivity contribution < 1.29 is 4.52 Å². The molecule has 0 atom stereocenters. The van der Waals surface area contributed by atoms with Crippen LogP contribution in [0.2, 0.25) is 0 Å². The summed E-state index contributed by atoms with van der Waals surface area (Å²) in [7, 11) is 0. The summed E-state index contributed by atoms with van der Waals surface area (Å²) in [6, 6.07) is 7.98. The van der Waals surface area contributed by atoms with Gasteiger partial charge in [-0.15, -0.1) is 0 Å². The summed E-state index contributed by atoms with van der Waals surface area (Å²) in [5.41, 5.74) is 1.03. The van der Waals surface area contributed by atoms with Crippen molar-refractivity contribution in [1.82, 2.24) is 15.5 Å². The fourth-order valence-electron chi connectivity index (χ4n) is 3.15. The van der Waals surface area contributed by atoms with Crippen LogP contribution in [-0.4, -0.2) is 23.2 Å². The zero-order valence-corrected chi connectivity index (χ0v) is 13.8. The highest BCUT2D eigenvalue weighted by Gasteiger charge is 2.38. The number of piperidine rings is 1. The summed E-state index contributed by atoms with van der Waals surface area (Å²) < 4.78 is 6.65. The van der Waals surface area contributed by atoms with Gasteiger partial charge in [-0.05, 0) is 44.5 Å². The number of nitrogens with zero attached hydrogens (tertiary/aromatic N) is 2. The highest BCUT2D eigenvalue weighted by molar-refractivity contribution is 9.10. The predicted molar refractivity (Wildman–Crippen MR) is 86.1 cm³/mol. The average Bonchev–Trinajstić information content (AvgIpc) is 2.99. The Morgan fingerprint density at radius 2 is 2.05 bits per heavy atom. The Balaban J connectivity index is 1.94. The quantitative estimate of drug-likeness (QED) is 0.908. The van der Waals surface area contributed by atoms with Crippen LogP contribution in [0.15, 0.2) is 33.3 Å². The second-order valence-corrected chi connectivity index (χ2v) is 6.54. The van der Waals surface area contributed by atoms with Crippen LogP contribution in [0.25, 0.3) is 11.4 Å². The lowest BCUT2D eigenvalue weighted by atomic mass is 9.75. The SMILES string of the molecule is CCCC1(c2nc(-c3ccccc3Br)no2)CCNCC1. The Morgan fingerprint density at radius 3 is 2.76 bits per heavy atom. The molecule has 0 spiro atoms. The summed E-state index contributed by atoms with van der Waals surface area (Å²) in [6.07, 6.45) is 4.37. The molecule has 1 fully saturated rings. The van der Waals surface area contributed by atoms with Gasteiger partial charge in [0.05, 0.1) is 5.41 Å². The lowest BCUT2D eigenvalue weighted by molar-refractivity contribution is 0.208. The highest BCUT2D eigenvalue weighted by Crippen LogP contribution is 2.38. The molecule has 21 heavy (non-hydrogen) atoms. The molecular weight excluding hydrogens is 330 g/mol. The zero-order valence-electron chi connectivity index (χ0n) is 12.2. The molecule has 0 unspecified atom stereocenters. The van der Waals surface area contributed by atoms with Gasteiger partial charge < -0.3 is 9.84 Å². The number of hydrogen-bond acceptors (Lipinski definition) is 4. The molecule has 1 aromatic heterocycles. The van der Waals surface area contributed by atoms with Crippen molar-refractivity contribution in [2.24, 2.45) is 0 Å². The van der Waals surface area contributed by atoms with Crippen molar-refractivity contribution in [3.8, 4) is 11.4 Å². The standard InChI is InChI=1S/C16H20BrN3O/c1-2-7-16(8-10-18-11-9-16)15-19-14(20-21-15)12-5-3-4-6-13(12)17/h3-6,18H,2,7-11H2,1H3. The second-order valence-electron chi connectivity index (χ2n) is 5.68. The number of hydrogen-bond donors (Lipinski definition) is 1. The Kier molecular flexibility index (Phi) is 4.40. The molecule has 0 aliphatic carbocycles. The first-order valence-corrected chi connectivity index (χ1v) is 8.34. The summed E-state index contributed by atoms with van der Waals surface area (Å²) in [5.74, 6) is 1.48. The summed E-state index contributed by atoms with van der Waals surface area (Å²) in [6.45, 7) is 4.26. The summed E-state index contributed by atoms with van der Waals surface area (Å²) in [5, 5.41) is 7.63. The molecule has 5 heteroatoms. The van der Waals surface area contributed by atoms with Gasteiger partial charge in [-0.25, -0.2) is 0 Å². The van der Waals surface area contributed by atoms with Crippen LogP contribution in [-0.2, 0) is 5.41 Å². The van der Waals surface area contributed by atoms with Crippen molar-refractivity contribution in [1.29, 1.82) is 0 Å². The molecule has 1 aliphatic rings. The number of benzene rings is 1. The minimum absolute atomic E-state index is 0.0481. The number of halogens is 1. The van der Waals surface area contributed by atoms with E-state index in [0.717, 1.165) is 54.7 Å². The molecule has 1 aliphatic heterocycles. The van der Waals surface area contributed by atoms with E-state index in [1.807, 2.05) is 24.3 Å². The first-order chi connectivity index (χ1) is 10.2. The van der Waals surface area contributed by atoms with Crippen LogP contribution in [0.5, 0.6) is 0 Å². The molecule has 2 heterocycles. The van der Waals surface area contributed by atoms with Crippen molar-refractivity contribution in [2.45, 2.75) is 38.0 Å². The lowest BCUT2D eigenvalue weighted by Gasteiger charge is -2.34. The summed E-state index contributed by atoms with van der Waals surface area (Å²) >= 11 is 3.55. The molecule has 1 saturated heterocycles. The maximum absolute atomic E-state index is 5.66. The molecule has 1 aromatic carbocycles. The Hall–Kier alpha value is -1.20. The number of nitrogens with one attached hydrogen (secondary N) is 1. The molecule has 1 N–H and O–H groups in total. The second kappa shape index (κ2) is 6.28. The summed E-state index contributed by atoms with van der Waals surface area (Å²) in [4.78, 5) is 4.72. The minimum Gasteiger partial charge on any atom is -0.338 e. The maximum atomic E-state index is 5.66. The van der Waals surface area contributed by atoms with Crippen LogP contribution >= 0.6 is 15.9 Å². The monoisotopic (exact) mass is 349 g/mol. The van der Waals surface area contributed by atoms with Gasteiger partial charge in [0.1, 0.15) is 0 Å². The van der Waals surface area contributed by atoms with Crippen LogP contribution < -0.4 is 5.32 Å². The van der Waals surface area contributed by atoms with Gasteiger partial charge in [-0.3, -0.25) is 0 Å². The molecule has 4 nitrogen and oxygen atoms in total. The predicted octanol–water partition coefficient (Wildman–Crippen LogP) is 3.92. The third-order valence-electron chi connectivity index (χ3n) is 4.28. The van der Waals surface area contributed by atoms with Crippen molar-refractivity contribution in [2.75, 3.05) is 13.1 Å². The highest BCUT2D eigenvalue weighted by atomic mass is 79.9. The van der Waals surface area contributed by atoms with Crippen LogP contribution in [0.3, 0.4) is 0 Å². The largest absolute Gasteiger partial charge is 0.338 e. The average molecular weight is 350 g/mol. The molecule has 0 amide bonds. The van der Waals surface area contributed by atoms with Gasteiger partial charge in [-0.1, -0.05) is 46.6 Å². The van der Waals surface area contributed by atoms with Gasteiger partial charge in [-0.2, -0.15) is 4.98 Å². The molecule has 0 saturated carbocycles. The third kappa shape index (κ3) is 2.90. The van der Waals surface area contributed by atoms with E-state index in [4.69, 9.17) is 9.51 Å². The molecule has 3 rings (SSSR count). The van der Waals surface area contributed by atoms with Crippen LogP contribution in [0.4, 0.5) is 0 Å². The van der Waals surface area contributed by atoms with E-state index in [9.17, 15) is 0 Å². The Morgan fingerprint density at radius 1 is 1.29 bits per heavy atom. The molecule has 112 valence electrons. The zero-order chi connectivity index (χ0) is 14.7.